The fourth-order valence-corrected chi connectivity index (χ4v) is 5.48. The molecule has 0 aliphatic heterocycles. The Morgan fingerprint density at radius 1 is 1.00 bits per heavy atom. The molecular formula is C19H24N2O2. The molecule has 2 amide bonds. The summed E-state index contributed by atoms with van der Waals surface area (Å²) in [6.07, 6.45) is 7.17. The second kappa shape index (κ2) is 5.36. The molecule has 0 heterocycles. The number of benzene rings is 1. The molecule has 1 N–H and O–H groups in total. The average Bonchev–Trinajstić information content (AvgIpc) is 2.52. The van der Waals surface area contributed by atoms with Gasteiger partial charge in [0.15, 0.2) is 0 Å². The van der Waals surface area contributed by atoms with E-state index in [0.717, 1.165) is 42.7 Å². The van der Waals surface area contributed by atoms with Crippen LogP contribution in [0.4, 0.5) is 5.69 Å². The van der Waals surface area contributed by atoms with Crippen LogP contribution in [0.3, 0.4) is 0 Å². The maximum atomic E-state index is 12.5. The number of hydrogen-bond donors (Lipinski definition) is 1. The number of anilines is 1. The van der Waals surface area contributed by atoms with Crippen LogP contribution >= 0.6 is 0 Å². The number of carbonyl (C=O) groups is 2. The number of para-hydroxylation sites is 1. The zero-order valence-electron chi connectivity index (χ0n) is 13.6. The van der Waals surface area contributed by atoms with E-state index in [2.05, 4.69) is 5.32 Å². The van der Waals surface area contributed by atoms with Crippen molar-refractivity contribution in [2.75, 3.05) is 11.9 Å². The van der Waals surface area contributed by atoms with Gasteiger partial charge in [0.05, 0.1) is 0 Å². The van der Waals surface area contributed by atoms with Gasteiger partial charge in [-0.25, -0.2) is 0 Å². The molecule has 5 rings (SSSR count). The molecule has 0 aromatic heterocycles. The second-order valence-electron chi connectivity index (χ2n) is 7.85. The van der Waals surface area contributed by atoms with Crippen molar-refractivity contribution in [3.63, 3.8) is 0 Å². The minimum Gasteiger partial charge on any atom is -0.342 e. The van der Waals surface area contributed by atoms with Gasteiger partial charge >= 0.3 is 11.8 Å². The summed E-state index contributed by atoms with van der Waals surface area (Å²) >= 11 is 0. The minimum absolute atomic E-state index is 0.112. The van der Waals surface area contributed by atoms with Crippen molar-refractivity contribution in [3.05, 3.63) is 30.3 Å². The van der Waals surface area contributed by atoms with Gasteiger partial charge in [-0.2, -0.15) is 0 Å². The van der Waals surface area contributed by atoms with E-state index < -0.39 is 11.8 Å². The van der Waals surface area contributed by atoms with Crippen molar-refractivity contribution in [2.45, 2.75) is 44.1 Å². The van der Waals surface area contributed by atoms with Crippen LogP contribution < -0.4 is 10.2 Å². The van der Waals surface area contributed by atoms with Crippen LogP contribution in [0.1, 0.15) is 38.5 Å². The van der Waals surface area contributed by atoms with E-state index in [1.165, 1.54) is 24.2 Å². The van der Waals surface area contributed by atoms with Gasteiger partial charge in [-0.15, -0.1) is 0 Å². The highest BCUT2D eigenvalue weighted by molar-refractivity contribution is 6.40. The van der Waals surface area contributed by atoms with Gasteiger partial charge in [-0.3, -0.25) is 9.59 Å². The van der Waals surface area contributed by atoms with Crippen molar-refractivity contribution in [2.24, 2.45) is 17.8 Å². The zero-order chi connectivity index (χ0) is 16.0. The second-order valence-corrected chi connectivity index (χ2v) is 7.85. The largest absolute Gasteiger partial charge is 0.342 e. The highest BCUT2D eigenvalue weighted by Gasteiger charge is 2.52. The standard InChI is InChI=1S/C19H24N2O2/c1-21(16-5-3-2-4-6-16)18(23)17(22)20-19-10-13-7-14(11-19)9-15(8-13)12-19/h2-6,13-15H,7-12H2,1H3,(H,20,22). The fourth-order valence-electron chi connectivity index (χ4n) is 5.48. The highest BCUT2D eigenvalue weighted by atomic mass is 16.2. The third kappa shape index (κ3) is 2.64. The van der Waals surface area contributed by atoms with Crippen LogP contribution in [-0.4, -0.2) is 24.4 Å². The molecule has 4 aliphatic carbocycles. The Kier molecular flexibility index (Phi) is 3.43. The molecule has 4 nitrogen and oxygen atoms in total. The number of hydrogen-bond acceptors (Lipinski definition) is 2. The van der Waals surface area contributed by atoms with Crippen LogP contribution in [0.25, 0.3) is 0 Å². The molecule has 122 valence electrons. The predicted octanol–water partition coefficient (Wildman–Crippen LogP) is 2.73. The van der Waals surface area contributed by atoms with E-state index in [9.17, 15) is 9.59 Å². The lowest BCUT2D eigenvalue weighted by Crippen LogP contribution is -2.61. The normalized spacial score (nSPS) is 34.2. The number of carbonyl (C=O) groups excluding carboxylic acids is 2. The average molecular weight is 312 g/mol. The van der Waals surface area contributed by atoms with E-state index in [1.54, 1.807) is 7.05 Å². The number of nitrogens with zero attached hydrogens (tertiary/aromatic N) is 1. The highest BCUT2D eigenvalue weighted by Crippen LogP contribution is 2.55. The number of amides is 2. The quantitative estimate of drug-likeness (QED) is 0.854. The molecule has 1 aromatic rings. The smallest absolute Gasteiger partial charge is 0.316 e. The van der Waals surface area contributed by atoms with Crippen molar-refractivity contribution in [3.8, 4) is 0 Å². The van der Waals surface area contributed by atoms with E-state index >= 15 is 0 Å². The van der Waals surface area contributed by atoms with E-state index in [4.69, 9.17) is 0 Å². The van der Waals surface area contributed by atoms with Crippen LogP contribution in [-0.2, 0) is 9.59 Å². The van der Waals surface area contributed by atoms with Gasteiger partial charge in [0.2, 0.25) is 0 Å². The lowest BCUT2D eigenvalue weighted by Gasteiger charge is -2.56. The lowest BCUT2D eigenvalue weighted by molar-refractivity contribution is -0.141. The first kappa shape index (κ1) is 14.7. The van der Waals surface area contributed by atoms with Crippen molar-refractivity contribution < 1.29 is 9.59 Å². The van der Waals surface area contributed by atoms with Crippen LogP contribution in [0.15, 0.2) is 30.3 Å². The summed E-state index contributed by atoms with van der Waals surface area (Å²) in [6, 6.07) is 9.33. The third-order valence-electron chi connectivity index (χ3n) is 6.06. The Hall–Kier alpha value is -1.84. The minimum atomic E-state index is -0.466. The first-order valence-corrected chi connectivity index (χ1v) is 8.70. The maximum Gasteiger partial charge on any atom is 0.316 e. The maximum absolute atomic E-state index is 12.5. The van der Waals surface area contributed by atoms with Crippen molar-refractivity contribution >= 4 is 17.5 Å². The first-order valence-electron chi connectivity index (χ1n) is 8.70. The Morgan fingerprint density at radius 2 is 1.52 bits per heavy atom. The first-order chi connectivity index (χ1) is 11.0. The number of likely N-dealkylation sites (N-methyl/N-ethyl adjacent to an activating group) is 1. The fraction of sp³-hybridized carbons (Fsp3) is 0.579. The molecule has 4 heteroatoms. The molecule has 4 saturated carbocycles. The van der Waals surface area contributed by atoms with Gasteiger partial charge in [0.1, 0.15) is 0 Å². The number of rotatable bonds is 2. The van der Waals surface area contributed by atoms with Crippen LogP contribution in [0, 0.1) is 17.8 Å². The molecule has 1 aromatic carbocycles. The molecule has 4 fully saturated rings. The van der Waals surface area contributed by atoms with Gasteiger partial charge < -0.3 is 10.2 Å². The molecule has 0 atom stereocenters. The summed E-state index contributed by atoms with van der Waals surface area (Å²) in [5, 5.41) is 3.14. The van der Waals surface area contributed by atoms with E-state index in [-0.39, 0.29) is 5.54 Å². The molecule has 23 heavy (non-hydrogen) atoms. The Balaban J connectivity index is 1.46. The van der Waals surface area contributed by atoms with Gasteiger partial charge in [-0.05, 0) is 68.4 Å². The summed E-state index contributed by atoms with van der Waals surface area (Å²) in [6.45, 7) is 0. The molecule has 4 aliphatic rings. The lowest BCUT2D eigenvalue weighted by atomic mass is 9.53. The Morgan fingerprint density at radius 3 is 2.04 bits per heavy atom. The van der Waals surface area contributed by atoms with Crippen LogP contribution in [0.5, 0.6) is 0 Å². The van der Waals surface area contributed by atoms with Crippen molar-refractivity contribution in [1.82, 2.24) is 5.32 Å². The third-order valence-corrected chi connectivity index (χ3v) is 6.06. The summed E-state index contributed by atoms with van der Waals surface area (Å²) in [7, 11) is 1.66. The predicted molar refractivity (Wildman–Crippen MR) is 88.9 cm³/mol. The van der Waals surface area contributed by atoms with Crippen molar-refractivity contribution in [1.29, 1.82) is 0 Å². The Labute approximate surface area is 137 Å². The molecule has 0 unspecified atom stereocenters. The number of nitrogens with one attached hydrogen (secondary N) is 1. The van der Waals surface area contributed by atoms with Crippen LogP contribution in [0.2, 0.25) is 0 Å². The molecule has 4 bridgehead atoms. The molecule has 0 radical (unpaired) electrons. The summed E-state index contributed by atoms with van der Waals surface area (Å²) in [5.74, 6) is 1.35. The van der Waals surface area contributed by atoms with E-state index in [0.29, 0.717) is 0 Å². The topological polar surface area (TPSA) is 49.4 Å². The Bertz CT molecular complexity index is 590. The molecule has 0 saturated heterocycles. The summed E-state index contributed by atoms with van der Waals surface area (Å²) in [5.41, 5.74) is 0.636. The van der Waals surface area contributed by atoms with Gasteiger partial charge in [-0.1, -0.05) is 18.2 Å². The zero-order valence-corrected chi connectivity index (χ0v) is 13.6. The molecule has 0 spiro atoms. The monoisotopic (exact) mass is 312 g/mol. The molecular weight excluding hydrogens is 288 g/mol. The van der Waals surface area contributed by atoms with E-state index in [1.807, 2.05) is 30.3 Å². The summed E-state index contributed by atoms with van der Waals surface area (Å²) < 4.78 is 0. The SMILES string of the molecule is CN(C(=O)C(=O)NC12CC3CC(CC(C3)C1)C2)c1ccccc1. The van der Waals surface area contributed by atoms with Gasteiger partial charge in [0, 0.05) is 18.3 Å². The summed E-state index contributed by atoms with van der Waals surface area (Å²) in [4.78, 5) is 26.5. The van der Waals surface area contributed by atoms with Gasteiger partial charge in [0.25, 0.3) is 0 Å².